The molecule has 0 saturated carbocycles. The van der Waals surface area contributed by atoms with Gasteiger partial charge < -0.3 is 10.1 Å². The van der Waals surface area contributed by atoms with Gasteiger partial charge in [0, 0.05) is 30.0 Å². The van der Waals surface area contributed by atoms with Crippen LogP contribution in [0.5, 0.6) is 5.75 Å². The second-order valence-electron chi connectivity index (χ2n) is 4.16. The van der Waals surface area contributed by atoms with Crippen LogP contribution in [0.25, 0.3) is 10.6 Å². The van der Waals surface area contributed by atoms with Crippen molar-refractivity contribution in [2.24, 2.45) is 0 Å². The van der Waals surface area contributed by atoms with Crippen LogP contribution in [0.15, 0.2) is 18.2 Å². The number of halogens is 1. The second-order valence-corrected chi connectivity index (χ2v) is 5.25. The number of fused-ring (bicyclic) bond motifs is 1. The van der Waals surface area contributed by atoms with Gasteiger partial charge in [-0.25, -0.2) is 9.37 Å². The Hall–Kier alpha value is -1.46. The number of aromatic nitrogens is 1. The maximum atomic E-state index is 13.4. The van der Waals surface area contributed by atoms with E-state index in [0.717, 1.165) is 35.8 Å². The first-order chi connectivity index (χ1) is 8.78. The quantitative estimate of drug-likeness (QED) is 0.905. The van der Waals surface area contributed by atoms with E-state index < -0.39 is 0 Å². The zero-order valence-electron chi connectivity index (χ0n) is 10.00. The lowest BCUT2D eigenvalue weighted by Crippen LogP contribution is -2.22. The molecule has 1 aromatic carbocycles. The first-order valence-corrected chi connectivity index (χ1v) is 6.63. The molecule has 94 valence electrons. The second kappa shape index (κ2) is 4.66. The molecule has 0 saturated heterocycles. The van der Waals surface area contributed by atoms with Crippen LogP contribution in [-0.2, 0) is 13.0 Å². The molecule has 0 aliphatic carbocycles. The Morgan fingerprint density at radius 1 is 1.44 bits per heavy atom. The van der Waals surface area contributed by atoms with E-state index in [1.165, 1.54) is 18.1 Å². The minimum atomic E-state index is -0.343. The van der Waals surface area contributed by atoms with Crippen LogP contribution in [0, 0.1) is 5.82 Å². The minimum Gasteiger partial charge on any atom is -0.494 e. The average molecular weight is 264 g/mol. The minimum absolute atomic E-state index is 0.263. The molecule has 1 aliphatic rings. The highest BCUT2D eigenvalue weighted by Gasteiger charge is 2.16. The van der Waals surface area contributed by atoms with Gasteiger partial charge in [-0.1, -0.05) is 0 Å². The van der Waals surface area contributed by atoms with Gasteiger partial charge in [0.15, 0.2) is 11.6 Å². The lowest BCUT2D eigenvalue weighted by atomic mass is 10.2. The van der Waals surface area contributed by atoms with Gasteiger partial charge in [-0.15, -0.1) is 11.3 Å². The van der Waals surface area contributed by atoms with Gasteiger partial charge in [-0.05, 0) is 18.2 Å². The van der Waals surface area contributed by atoms with Crippen LogP contribution in [0.1, 0.15) is 10.6 Å². The molecule has 0 unspecified atom stereocenters. The Kier molecular flexibility index (Phi) is 3.01. The molecule has 1 aliphatic heterocycles. The molecular weight excluding hydrogens is 251 g/mol. The fourth-order valence-electron chi connectivity index (χ4n) is 2.04. The molecule has 0 atom stereocenters. The number of hydrogen-bond acceptors (Lipinski definition) is 4. The van der Waals surface area contributed by atoms with E-state index in [4.69, 9.17) is 4.74 Å². The SMILES string of the molecule is COc1cc(-c2nc3c(s2)CNCC3)ccc1F. The van der Waals surface area contributed by atoms with Crippen molar-refractivity contribution in [2.45, 2.75) is 13.0 Å². The molecule has 0 spiro atoms. The van der Waals surface area contributed by atoms with E-state index in [9.17, 15) is 4.39 Å². The summed E-state index contributed by atoms with van der Waals surface area (Å²) in [6, 6.07) is 4.87. The predicted molar refractivity (Wildman–Crippen MR) is 69.5 cm³/mol. The average Bonchev–Trinajstić information content (AvgIpc) is 2.83. The summed E-state index contributed by atoms with van der Waals surface area (Å²) in [6.07, 6.45) is 0.962. The maximum absolute atomic E-state index is 13.4. The summed E-state index contributed by atoms with van der Waals surface area (Å²) in [5, 5.41) is 4.26. The number of nitrogens with one attached hydrogen (secondary N) is 1. The van der Waals surface area contributed by atoms with Crippen molar-refractivity contribution in [3.63, 3.8) is 0 Å². The van der Waals surface area contributed by atoms with Gasteiger partial charge in [0.2, 0.25) is 0 Å². The summed E-state index contributed by atoms with van der Waals surface area (Å²) in [7, 11) is 1.47. The number of nitrogens with zero attached hydrogens (tertiary/aromatic N) is 1. The monoisotopic (exact) mass is 264 g/mol. The standard InChI is InChI=1S/C13H13FN2OS/c1-17-11-6-8(2-3-9(11)14)13-16-10-4-5-15-7-12(10)18-13/h2-3,6,15H,4-5,7H2,1H3. The van der Waals surface area contributed by atoms with Gasteiger partial charge in [-0.2, -0.15) is 0 Å². The third kappa shape index (κ3) is 2.00. The molecule has 18 heavy (non-hydrogen) atoms. The van der Waals surface area contributed by atoms with Crippen LogP contribution in [0.3, 0.4) is 0 Å². The number of thiazole rings is 1. The van der Waals surface area contributed by atoms with Crippen molar-refractivity contribution in [1.82, 2.24) is 10.3 Å². The highest BCUT2D eigenvalue weighted by atomic mass is 32.1. The molecule has 1 aromatic heterocycles. The Morgan fingerprint density at radius 3 is 3.11 bits per heavy atom. The van der Waals surface area contributed by atoms with E-state index in [1.54, 1.807) is 23.5 Å². The summed E-state index contributed by atoms with van der Waals surface area (Å²) >= 11 is 1.66. The van der Waals surface area contributed by atoms with Gasteiger partial charge in [0.25, 0.3) is 0 Å². The largest absolute Gasteiger partial charge is 0.494 e. The Labute approximate surface area is 109 Å². The number of rotatable bonds is 2. The van der Waals surface area contributed by atoms with E-state index in [-0.39, 0.29) is 11.6 Å². The zero-order valence-corrected chi connectivity index (χ0v) is 10.8. The molecule has 0 fully saturated rings. The van der Waals surface area contributed by atoms with Crippen LogP contribution in [-0.4, -0.2) is 18.6 Å². The summed E-state index contributed by atoms with van der Waals surface area (Å²) in [6.45, 7) is 1.86. The van der Waals surface area contributed by atoms with Gasteiger partial charge in [0.05, 0.1) is 12.8 Å². The summed E-state index contributed by atoms with van der Waals surface area (Å²) in [5.74, 6) is -0.0805. The van der Waals surface area contributed by atoms with Crippen LogP contribution in [0.2, 0.25) is 0 Å². The first kappa shape index (κ1) is 11.6. The molecule has 2 heterocycles. The van der Waals surface area contributed by atoms with Gasteiger partial charge in [0.1, 0.15) is 5.01 Å². The first-order valence-electron chi connectivity index (χ1n) is 5.81. The lowest BCUT2D eigenvalue weighted by molar-refractivity contribution is 0.387. The third-order valence-electron chi connectivity index (χ3n) is 3.00. The van der Waals surface area contributed by atoms with E-state index in [1.807, 2.05) is 0 Å². The summed E-state index contributed by atoms with van der Waals surface area (Å²) in [4.78, 5) is 5.90. The molecule has 0 bridgehead atoms. The van der Waals surface area contributed by atoms with Crippen molar-refractivity contribution < 1.29 is 9.13 Å². The van der Waals surface area contributed by atoms with E-state index in [2.05, 4.69) is 10.3 Å². The third-order valence-corrected chi connectivity index (χ3v) is 4.15. The van der Waals surface area contributed by atoms with Crippen molar-refractivity contribution in [2.75, 3.05) is 13.7 Å². The normalized spacial score (nSPS) is 14.3. The number of hydrogen-bond donors (Lipinski definition) is 1. The molecular formula is C13H13FN2OS. The summed E-state index contributed by atoms with van der Waals surface area (Å²) in [5.41, 5.74) is 2.07. The van der Waals surface area contributed by atoms with Crippen molar-refractivity contribution in [3.8, 4) is 16.3 Å². The molecule has 3 nitrogen and oxygen atoms in total. The maximum Gasteiger partial charge on any atom is 0.165 e. The van der Waals surface area contributed by atoms with E-state index >= 15 is 0 Å². The fourth-order valence-corrected chi connectivity index (χ4v) is 3.12. The number of benzene rings is 1. The Morgan fingerprint density at radius 2 is 2.33 bits per heavy atom. The Bertz CT molecular complexity index is 559. The number of ether oxygens (including phenoxy) is 1. The predicted octanol–water partition coefficient (Wildman–Crippen LogP) is 2.60. The van der Waals surface area contributed by atoms with E-state index in [0.29, 0.717) is 0 Å². The molecule has 0 radical (unpaired) electrons. The van der Waals surface area contributed by atoms with Crippen LogP contribution in [0.4, 0.5) is 4.39 Å². The molecule has 3 rings (SSSR count). The highest BCUT2D eigenvalue weighted by molar-refractivity contribution is 7.15. The topological polar surface area (TPSA) is 34.1 Å². The fraction of sp³-hybridized carbons (Fsp3) is 0.308. The highest BCUT2D eigenvalue weighted by Crippen LogP contribution is 2.32. The molecule has 2 aromatic rings. The van der Waals surface area contributed by atoms with Gasteiger partial charge >= 0.3 is 0 Å². The summed E-state index contributed by atoms with van der Waals surface area (Å²) < 4.78 is 18.4. The van der Waals surface area contributed by atoms with Crippen LogP contribution >= 0.6 is 11.3 Å². The molecule has 5 heteroatoms. The smallest absolute Gasteiger partial charge is 0.165 e. The molecule has 1 N–H and O–H groups in total. The number of methoxy groups -OCH3 is 1. The van der Waals surface area contributed by atoms with Crippen molar-refractivity contribution in [1.29, 1.82) is 0 Å². The lowest BCUT2D eigenvalue weighted by Gasteiger charge is -2.09. The Balaban J connectivity index is 2.01. The van der Waals surface area contributed by atoms with Crippen LogP contribution < -0.4 is 10.1 Å². The van der Waals surface area contributed by atoms with Crippen molar-refractivity contribution >= 4 is 11.3 Å². The van der Waals surface area contributed by atoms with Crippen molar-refractivity contribution in [3.05, 3.63) is 34.6 Å². The van der Waals surface area contributed by atoms with Gasteiger partial charge in [-0.3, -0.25) is 0 Å². The zero-order chi connectivity index (χ0) is 12.5. The molecule has 0 amide bonds.